The zero-order valence-corrected chi connectivity index (χ0v) is 12.4. The Balaban J connectivity index is 0.00000162. The van der Waals surface area contributed by atoms with E-state index in [4.69, 9.17) is 5.73 Å². The van der Waals surface area contributed by atoms with E-state index < -0.39 is 10.2 Å². The molecule has 2 heterocycles. The van der Waals surface area contributed by atoms with E-state index in [1.807, 2.05) is 0 Å². The number of hydrogen-bond acceptors (Lipinski definition) is 3. The molecule has 0 radical (unpaired) electrons. The molecule has 2 N–H and O–H groups in total. The van der Waals surface area contributed by atoms with Crippen molar-refractivity contribution < 1.29 is 8.42 Å². The molecule has 1 unspecified atom stereocenters. The number of rotatable bonds is 4. The van der Waals surface area contributed by atoms with Crippen molar-refractivity contribution in [3.05, 3.63) is 0 Å². The summed E-state index contributed by atoms with van der Waals surface area (Å²) in [6, 6.07) is 0.124. The second-order valence-electron chi connectivity index (χ2n) is 4.95. The number of halogens is 1. The fourth-order valence-corrected chi connectivity index (χ4v) is 4.79. The van der Waals surface area contributed by atoms with E-state index in [1.54, 1.807) is 8.61 Å². The first kappa shape index (κ1) is 16.2. The van der Waals surface area contributed by atoms with Gasteiger partial charge in [-0.2, -0.15) is 17.0 Å². The molecule has 0 aromatic heterocycles. The monoisotopic (exact) mass is 297 g/mol. The summed E-state index contributed by atoms with van der Waals surface area (Å²) >= 11 is 0. The van der Waals surface area contributed by atoms with Crippen LogP contribution in [0.15, 0.2) is 0 Å². The van der Waals surface area contributed by atoms with E-state index in [0.717, 1.165) is 38.5 Å². The van der Waals surface area contributed by atoms with Crippen LogP contribution in [-0.2, 0) is 10.2 Å². The average Bonchev–Trinajstić information content (AvgIpc) is 2.84. The Morgan fingerprint density at radius 2 is 1.67 bits per heavy atom. The normalized spacial score (nSPS) is 27.1. The van der Waals surface area contributed by atoms with Gasteiger partial charge in [0, 0.05) is 25.7 Å². The van der Waals surface area contributed by atoms with E-state index in [9.17, 15) is 8.42 Å². The van der Waals surface area contributed by atoms with Crippen molar-refractivity contribution in [2.24, 2.45) is 5.73 Å². The molecular formula is C11H24ClN3O2S. The Bertz CT molecular complexity index is 342. The van der Waals surface area contributed by atoms with Gasteiger partial charge in [-0.15, -0.1) is 12.4 Å². The largest absolute Gasteiger partial charge is 0.330 e. The van der Waals surface area contributed by atoms with Gasteiger partial charge in [-0.3, -0.25) is 0 Å². The van der Waals surface area contributed by atoms with Crippen molar-refractivity contribution in [2.45, 2.75) is 44.6 Å². The summed E-state index contributed by atoms with van der Waals surface area (Å²) in [6.07, 6.45) is 5.84. The molecular weight excluding hydrogens is 274 g/mol. The maximum atomic E-state index is 12.5. The van der Waals surface area contributed by atoms with Crippen molar-refractivity contribution in [2.75, 3.05) is 26.2 Å². The minimum absolute atomic E-state index is 0. The second-order valence-corrected chi connectivity index (χ2v) is 6.83. The number of piperidine rings is 1. The SMILES string of the molecule is Cl.NCCC1CCCCN1S(=O)(=O)N1CCCC1. The average molecular weight is 298 g/mol. The first-order chi connectivity index (χ1) is 8.16. The highest BCUT2D eigenvalue weighted by atomic mass is 35.5. The maximum absolute atomic E-state index is 12.5. The lowest BCUT2D eigenvalue weighted by atomic mass is 10.0. The molecule has 0 aromatic rings. The molecule has 0 spiro atoms. The zero-order chi connectivity index (χ0) is 12.3. The Hall–Kier alpha value is 0.120. The smallest absolute Gasteiger partial charge is 0.282 e. The van der Waals surface area contributed by atoms with Gasteiger partial charge in [0.15, 0.2) is 0 Å². The predicted octanol–water partition coefficient (Wildman–Crippen LogP) is 0.952. The number of hydrogen-bond donors (Lipinski definition) is 1. The van der Waals surface area contributed by atoms with Gasteiger partial charge in [-0.05, 0) is 38.6 Å². The second kappa shape index (κ2) is 7.05. The highest BCUT2D eigenvalue weighted by Crippen LogP contribution is 2.26. The van der Waals surface area contributed by atoms with Crippen LogP contribution in [-0.4, -0.2) is 49.2 Å². The standard InChI is InChI=1S/C11H23N3O2S.ClH/c12-7-6-11-5-1-2-10-14(11)17(15,16)13-8-3-4-9-13;/h11H,1-10,12H2;1H. The third-order valence-corrected chi connectivity index (χ3v) is 5.85. The summed E-state index contributed by atoms with van der Waals surface area (Å²) in [5, 5.41) is 0. The van der Waals surface area contributed by atoms with Crippen molar-refractivity contribution in [1.82, 2.24) is 8.61 Å². The highest BCUT2D eigenvalue weighted by molar-refractivity contribution is 7.86. The fraction of sp³-hybridized carbons (Fsp3) is 1.00. The first-order valence-corrected chi connectivity index (χ1v) is 8.03. The lowest BCUT2D eigenvalue weighted by Crippen LogP contribution is -2.50. The first-order valence-electron chi connectivity index (χ1n) is 6.63. The molecule has 2 saturated heterocycles. The van der Waals surface area contributed by atoms with Crippen LogP contribution in [0.2, 0.25) is 0 Å². The summed E-state index contributed by atoms with van der Waals surface area (Å²) in [4.78, 5) is 0. The van der Waals surface area contributed by atoms with Gasteiger partial charge in [0.25, 0.3) is 10.2 Å². The topological polar surface area (TPSA) is 66.6 Å². The maximum Gasteiger partial charge on any atom is 0.282 e. The van der Waals surface area contributed by atoms with Gasteiger partial charge < -0.3 is 5.73 Å². The molecule has 2 aliphatic rings. The molecule has 0 aliphatic carbocycles. The Morgan fingerprint density at radius 1 is 1.06 bits per heavy atom. The van der Waals surface area contributed by atoms with Crippen LogP contribution in [0.3, 0.4) is 0 Å². The summed E-state index contributed by atoms with van der Waals surface area (Å²) in [5.74, 6) is 0. The van der Waals surface area contributed by atoms with Crippen LogP contribution in [0.25, 0.3) is 0 Å². The number of nitrogens with zero attached hydrogens (tertiary/aromatic N) is 2. The van der Waals surface area contributed by atoms with Crippen LogP contribution in [0, 0.1) is 0 Å². The minimum atomic E-state index is -3.22. The van der Waals surface area contributed by atoms with Crippen molar-refractivity contribution in [3.8, 4) is 0 Å². The van der Waals surface area contributed by atoms with Gasteiger partial charge in [-0.25, -0.2) is 0 Å². The van der Waals surface area contributed by atoms with E-state index in [0.29, 0.717) is 26.2 Å². The van der Waals surface area contributed by atoms with Crippen molar-refractivity contribution in [3.63, 3.8) is 0 Å². The third kappa shape index (κ3) is 3.36. The molecule has 7 heteroatoms. The van der Waals surface area contributed by atoms with E-state index in [-0.39, 0.29) is 18.4 Å². The van der Waals surface area contributed by atoms with Gasteiger partial charge in [-0.1, -0.05) is 6.42 Å². The summed E-state index contributed by atoms with van der Waals surface area (Å²) in [5.41, 5.74) is 5.58. The van der Waals surface area contributed by atoms with Crippen molar-refractivity contribution >= 4 is 22.6 Å². The molecule has 2 rings (SSSR count). The van der Waals surface area contributed by atoms with Crippen LogP contribution < -0.4 is 5.73 Å². The molecule has 0 aromatic carbocycles. The molecule has 108 valence electrons. The molecule has 2 fully saturated rings. The van der Waals surface area contributed by atoms with Crippen LogP contribution in [0.5, 0.6) is 0 Å². The summed E-state index contributed by atoms with van der Waals surface area (Å²) < 4.78 is 28.3. The van der Waals surface area contributed by atoms with E-state index in [1.165, 1.54) is 0 Å². The Labute approximate surface area is 116 Å². The highest BCUT2D eigenvalue weighted by Gasteiger charge is 2.36. The quantitative estimate of drug-likeness (QED) is 0.840. The lowest BCUT2D eigenvalue weighted by molar-refractivity contribution is 0.228. The zero-order valence-electron chi connectivity index (χ0n) is 10.8. The molecule has 5 nitrogen and oxygen atoms in total. The Kier molecular flexibility index (Phi) is 6.34. The summed E-state index contributed by atoms with van der Waals surface area (Å²) in [7, 11) is -3.22. The summed E-state index contributed by atoms with van der Waals surface area (Å²) in [6.45, 7) is 2.61. The molecule has 0 saturated carbocycles. The van der Waals surface area contributed by atoms with E-state index in [2.05, 4.69) is 0 Å². The van der Waals surface area contributed by atoms with Crippen LogP contribution in [0.1, 0.15) is 38.5 Å². The van der Waals surface area contributed by atoms with Gasteiger partial charge in [0.05, 0.1) is 0 Å². The molecule has 2 aliphatic heterocycles. The predicted molar refractivity (Wildman–Crippen MR) is 75.0 cm³/mol. The molecule has 18 heavy (non-hydrogen) atoms. The lowest BCUT2D eigenvalue weighted by Gasteiger charge is -2.36. The molecule has 0 bridgehead atoms. The van der Waals surface area contributed by atoms with Gasteiger partial charge in [0.1, 0.15) is 0 Å². The molecule has 0 amide bonds. The van der Waals surface area contributed by atoms with E-state index >= 15 is 0 Å². The van der Waals surface area contributed by atoms with Gasteiger partial charge >= 0.3 is 0 Å². The van der Waals surface area contributed by atoms with Crippen LogP contribution in [0.4, 0.5) is 0 Å². The van der Waals surface area contributed by atoms with Crippen molar-refractivity contribution in [1.29, 1.82) is 0 Å². The third-order valence-electron chi connectivity index (χ3n) is 3.76. The number of nitrogens with two attached hydrogens (primary N) is 1. The van der Waals surface area contributed by atoms with Gasteiger partial charge in [0.2, 0.25) is 0 Å². The molecule has 1 atom stereocenters. The minimum Gasteiger partial charge on any atom is -0.330 e. The fourth-order valence-electron chi connectivity index (χ4n) is 2.83. The van der Waals surface area contributed by atoms with Crippen LogP contribution >= 0.6 is 12.4 Å². The Morgan fingerprint density at radius 3 is 2.28 bits per heavy atom.